The minimum absolute atomic E-state index is 0.208. The van der Waals surface area contributed by atoms with Gasteiger partial charge in [0.05, 0.1) is 11.1 Å². The Bertz CT molecular complexity index is 1550. The summed E-state index contributed by atoms with van der Waals surface area (Å²) in [7, 11) is 0. The van der Waals surface area contributed by atoms with E-state index in [1.54, 1.807) is 6.08 Å². The van der Waals surface area contributed by atoms with Gasteiger partial charge in [0.25, 0.3) is 11.1 Å². The van der Waals surface area contributed by atoms with Crippen molar-refractivity contribution in [1.82, 2.24) is 14.6 Å². The summed E-state index contributed by atoms with van der Waals surface area (Å²) in [5.74, 6) is 1.59. The van der Waals surface area contributed by atoms with Gasteiger partial charge in [0.2, 0.25) is 4.96 Å². The van der Waals surface area contributed by atoms with Gasteiger partial charge in [-0.15, -0.1) is 0 Å². The van der Waals surface area contributed by atoms with E-state index in [4.69, 9.17) is 9.47 Å². The quantitative estimate of drug-likeness (QED) is 0.428. The number of ether oxygens (including phenoxy) is 2. The van der Waals surface area contributed by atoms with Gasteiger partial charge in [0, 0.05) is 12.0 Å². The monoisotopic (exact) mass is 473 g/mol. The molecule has 0 radical (unpaired) electrons. The van der Waals surface area contributed by atoms with Gasteiger partial charge in [-0.25, -0.2) is 0 Å². The highest BCUT2D eigenvalue weighted by Gasteiger charge is 2.18. The maximum Gasteiger partial charge on any atom is 0.296 e. The van der Waals surface area contributed by atoms with E-state index >= 15 is 0 Å². The number of hydrogen-bond donors (Lipinski definition) is 0. The Balaban J connectivity index is 1.48. The minimum Gasteiger partial charge on any atom is -0.494 e. The second-order valence-electron chi connectivity index (χ2n) is 8.09. The van der Waals surface area contributed by atoms with Crippen molar-refractivity contribution in [3.8, 4) is 11.5 Å². The second kappa shape index (κ2) is 9.23. The molecule has 0 bridgehead atoms. The lowest BCUT2D eigenvalue weighted by Crippen LogP contribution is -2.29. The topological polar surface area (TPSA) is 82.8 Å². The maximum atomic E-state index is 13.1. The van der Waals surface area contributed by atoms with Crippen molar-refractivity contribution in [2.24, 2.45) is 0 Å². The van der Waals surface area contributed by atoms with Gasteiger partial charge in [-0.1, -0.05) is 48.6 Å². The number of fused-ring (bicyclic) bond motifs is 2. The lowest BCUT2D eigenvalue weighted by atomic mass is 10.0. The van der Waals surface area contributed by atoms with Crippen LogP contribution in [0, 0.1) is 0 Å². The Labute approximate surface area is 199 Å². The van der Waals surface area contributed by atoms with Crippen LogP contribution in [0.4, 0.5) is 0 Å². The SMILES string of the molecule is CCCOc1ccc(Cc2nn3c(=O)/c(=C/C4=Cc5ccccc5O[C@H]4C)sc3nc2=O)cc1. The third-order valence-electron chi connectivity index (χ3n) is 5.53. The van der Waals surface area contributed by atoms with Crippen LogP contribution >= 0.6 is 11.3 Å². The number of benzene rings is 2. The normalized spacial score (nSPS) is 15.6. The zero-order valence-electron chi connectivity index (χ0n) is 18.9. The molecule has 0 N–H and O–H groups in total. The molecule has 5 rings (SSSR count). The molecule has 7 nitrogen and oxygen atoms in total. The Morgan fingerprint density at radius 3 is 2.74 bits per heavy atom. The molecule has 0 amide bonds. The Morgan fingerprint density at radius 1 is 1.15 bits per heavy atom. The van der Waals surface area contributed by atoms with Crippen LogP contribution in [0.15, 0.2) is 63.7 Å². The molecule has 1 atom stereocenters. The molecular formula is C26H23N3O4S. The number of rotatable bonds is 6. The average molecular weight is 474 g/mol. The van der Waals surface area contributed by atoms with Crippen LogP contribution in [-0.4, -0.2) is 27.3 Å². The number of thiazole rings is 1. The molecule has 0 unspecified atom stereocenters. The molecule has 2 aromatic carbocycles. The van der Waals surface area contributed by atoms with Gasteiger partial charge in [0.1, 0.15) is 23.3 Å². The fourth-order valence-electron chi connectivity index (χ4n) is 3.74. The molecule has 0 aliphatic carbocycles. The first-order valence-corrected chi connectivity index (χ1v) is 12.0. The minimum atomic E-state index is -0.429. The number of hydrogen-bond acceptors (Lipinski definition) is 7. The molecule has 4 aromatic rings. The van der Waals surface area contributed by atoms with E-state index in [0.717, 1.165) is 46.0 Å². The maximum absolute atomic E-state index is 13.1. The van der Waals surface area contributed by atoms with Crippen molar-refractivity contribution in [3.63, 3.8) is 0 Å². The highest BCUT2D eigenvalue weighted by molar-refractivity contribution is 7.15. The number of aromatic nitrogens is 3. The zero-order chi connectivity index (χ0) is 23.7. The molecule has 0 saturated heterocycles. The summed E-state index contributed by atoms with van der Waals surface area (Å²) < 4.78 is 13.2. The van der Waals surface area contributed by atoms with Crippen molar-refractivity contribution in [3.05, 3.63) is 96.2 Å². The van der Waals surface area contributed by atoms with Crippen LogP contribution < -0.4 is 25.1 Å². The second-order valence-corrected chi connectivity index (χ2v) is 9.09. The van der Waals surface area contributed by atoms with Crippen molar-refractivity contribution >= 4 is 28.4 Å². The molecule has 1 aliphatic rings. The third kappa shape index (κ3) is 4.36. The molecule has 1 aliphatic heterocycles. The fourth-order valence-corrected chi connectivity index (χ4v) is 4.65. The summed E-state index contributed by atoms with van der Waals surface area (Å²) in [5, 5.41) is 4.35. The summed E-state index contributed by atoms with van der Waals surface area (Å²) in [6, 6.07) is 15.3. The predicted octanol–water partition coefficient (Wildman–Crippen LogP) is 3.25. The molecule has 0 fully saturated rings. The van der Waals surface area contributed by atoms with Crippen LogP contribution in [0.5, 0.6) is 11.5 Å². The molecule has 3 heterocycles. The summed E-state index contributed by atoms with van der Waals surface area (Å²) in [6.07, 6.45) is 4.81. The van der Waals surface area contributed by atoms with Crippen LogP contribution in [0.25, 0.3) is 17.1 Å². The summed E-state index contributed by atoms with van der Waals surface area (Å²) in [6.45, 7) is 4.64. The first-order valence-electron chi connectivity index (χ1n) is 11.2. The molecule has 8 heteroatoms. The highest BCUT2D eigenvalue weighted by Crippen LogP contribution is 2.29. The van der Waals surface area contributed by atoms with E-state index in [2.05, 4.69) is 10.1 Å². The standard InChI is InChI=1S/C26H23N3O4S/c1-3-12-32-20-10-8-17(9-11-20)13-21-24(30)27-26-29(28-21)25(31)23(34-26)15-19-14-18-6-4-5-7-22(18)33-16(19)2/h4-11,14-16H,3,12-13H2,1-2H3/b23-15-/t16-/m0/s1. The van der Waals surface area contributed by atoms with Crippen LogP contribution in [0.2, 0.25) is 0 Å². The van der Waals surface area contributed by atoms with Gasteiger partial charge in [-0.3, -0.25) is 9.59 Å². The first kappa shape index (κ1) is 22.0. The van der Waals surface area contributed by atoms with Gasteiger partial charge in [0.15, 0.2) is 0 Å². The van der Waals surface area contributed by atoms with Crippen LogP contribution in [-0.2, 0) is 6.42 Å². The Kier molecular flexibility index (Phi) is 5.98. The van der Waals surface area contributed by atoms with Crippen molar-refractivity contribution in [2.75, 3.05) is 6.61 Å². The van der Waals surface area contributed by atoms with Crippen molar-refractivity contribution in [1.29, 1.82) is 0 Å². The predicted molar refractivity (Wildman–Crippen MR) is 133 cm³/mol. The molecular weight excluding hydrogens is 450 g/mol. The number of nitrogens with zero attached hydrogens (tertiary/aromatic N) is 3. The summed E-state index contributed by atoms with van der Waals surface area (Å²) in [4.78, 5) is 30.1. The van der Waals surface area contributed by atoms with E-state index in [-0.39, 0.29) is 28.7 Å². The van der Waals surface area contributed by atoms with Gasteiger partial charge in [-0.05, 0) is 54.8 Å². The van der Waals surface area contributed by atoms with Gasteiger partial charge < -0.3 is 9.47 Å². The number of para-hydroxylation sites is 1. The molecule has 172 valence electrons. The smallest absolute Gasteiger partial charge is 0.296 e. The lowest BCUT2D eigenvalue weighted by molar-refractivity contribution is 0.259. The summed E-state index contributed by atoms with van der Waals surface area (Å²) in [5.41, 5.74) is 2.21. The van der Waals surface area contributed by atoms with Gasteiger partial charge >= 0.3 is 0 Å². The van der Waals surface area contributed by atoms with Gasteiger partial charge in [-0.2, -0.15) is 14.6 Å². The first-order chi connectivity index (χ1) is 16.5. The third-order valence-corrected chi connectivity index (χ3v) is 6.49. The molecule has 34 heavy (non-hydrogen) atoms. The Morgan fingerprint density at radius 2 is 1.94 bits per heavy atom. The van der Waals surface area contributed by atoms with Crippen molar-refractivity contribution in [2.45, 2.75) is 32.8 Å². The van der Waals surface area contributed by atoms with E-state index < -0.39 is 5.56 Å². The van der Waals surface area contributed by atoms with E-state index in [9.17, 15) is 9.59 Å². The molecule has 0 spiro atoms. The van der Waals surface area contributed by atoms with E-state index in [0.29, 0.717) is 11.1 Å². The highest BCUT2D eigenvalue weighted by atomic mass is 32.1. The molecule has 0 saturated carbocycles. The molecule has 2 aromatic heterocycles. The van der Waals surface area contributed by atoms with Crippen LogP contribution in [0.3, 0.4) is 0 Å². The van der Waals surface area contributed by atoms with Crippen LogP contribution in [0.1, 0.15) is 37.1 Å². The fraction of sp³-hybridized carbons (Fsp3) is 0.231. The average Bonchev–Trinajstić information content (AvgIpc) is 3.13. The summed E-state index contributed by atoms with van der Waals surface area (Å²) >= 11 is 1.15. The zero-order valence-corrected chi connectivity index (χ0v) is 19.7. The Hall–Kier alpha value is -3.78. The lowest BCUT2D eigenvalue weighted by Gasteiger charge is -2.22. The van der Waals surface area contributed by atoms with E-state index in [1.165, 1.54) is 4.52 Å². The van der Waals surface area contributed by atoms with Crippen molar-refractivity contribution < 1.29 is 9.47 Å². The largest absolute Gasteiger partial charge is 0.494 e. The van der Waals surface area contributed by atoms with E-state index in [1.807, 2.05) is 68.5 Å².